The maximum Gasteiger partial charge on any atom is 0.311 e. The topological polar surface area (TPSA) is 107 Å². The molecule has 0 atom stereocenters. The molecule has 1 aliphatic heterocycles. The van der Waals surface area contributed by atoms with Gasteiger partial charge >= 0.3 is 5.69 Å². The van der Waals surface area contributed by atoms with Crippen molar-refractivity contribution in [2.24, 2.45) is 0 Å². The van der Waals surface area contributed by atoms with Crippen molar-refractivity contribution in [2.45, 2.75) is 13.8 Å². The Kier molecular flexibility index (Phi) is 5.25. The van der Waals surface area contributed by atoms with Crippen molar-refractivity contribution in [2.75, 3.05) is 44.7 Å². The van der Waals surface area contributed by atoms with Gasteiger partial charge in [0.2, 0.25) is 5.82 Å². The van der Waals surface area contributed by atoms with Crippen molar-refractivity contribution in [3.8, 4) is 11.1 Å². The number of ether oxygens (including phenoxy) is 1. The largest absolute Gasteiger partial charge is 0.379 e. The molecule has 2 aromatic rings. The molecule has 1 saturated heterocycles. The standard InChI is InChI=1S/C16H21N5O4/c1-11-15(12(2)25-19-11)13-9-14(21(22)23)16(18-10-13)17-3-4-20-5-7-24-8-6-20/h9-10H,3-8H2,1-2H3,(H,17,18). The lowest BCUT2D eigenvalue weighted by Gasteiger charge is -2.26. The zero-order valence-corrected chi connectivity index (χ0v) is 14.3. The van der Waals surface area contributed by atoms with Gasteiger partial charge in [0.15, 0.2) is 0 Å². The average molecular weight is 347 g/mol. The highest BCUT2D eigenvalue weighted by Crippen LogP contribution is 2.31. The third-order valence-electron chi connectivity index (χ3n) is 4.21. The Balaban J connectivity index is 1.74. The van der Waals surface area contributed by atoms with Gasteiger partial charge in [-0.05, 0) is 13.8 Å². The summed E-state index contributed by atoms with van der Waals surface area (Å²) in [7, 11) is 0. The zero-order chi connectivity index (χ0) is 17.8. The van der Waals surface area contributed by atoms with Gasteiger partial charge in [0, 0.05) is 49.6 Å². The van der Waals surface area contributed by atoms with E-state index < -0.39 is 4.92 Å². The number of nitrogens with one attached hydrogen (secondary N) is 1. The predicted octanol–water partition coefficient (Wildman–Crippen LogP) is 2.01. The fourth-order valence-electron chi connectivity index (χ4n) is 2.92. The van der Waals surface area contributed by atoms with Gasteiger partial charge in [-0.1, -0.05) is 5.16 Å². The Hall–Kier alpha value is -2.52. The van der Waals surface area contributed by atoms with Crippen LogP contribution in [0.2, 0.25) is 0 Å². The third kappa shape index (κ3) is 3.94. The fraction of sp³-hybridized carbons (Fsp3) is 0.500. The molecule has 134 valence electrons. The molecule has 0 bridgehead atoms. The first-order chi connectivity index (χ1) is 12.1. The number of aromatic nitrogens is 2. The van der Waals surface area contributed by atoms with Crippen LogP contribution in [0.1, 0.15) is 11.5 Å². The molecule has 9 heteroatoms. The van der Waals surface area contributed by atoms with Crippen molar-refractivity contribution in [3.05, 3.63) is 33.8 Å². The molecule has 0 aromatic carbocycles. The van der Waals surface area contributed by atoms with Crippen LogP contribution in [0.3, 0.4) is 0 Å². The number of hydrogen-bond donors (Lipinski definition) is 1. The Bertz CT molecular complexity index is 735. The Morgan fingerprint density at radius 1 is 1.36 bits per heavy atom. The van der Waals surface area contributed by atoms with Gasteiger partial charge in [-0.2, -0.15) is 0 Å². The van der Waals surface area contributed by atoms with Crippen molar-refractivity contribution in [1.29, 1.82) is 0 Å². The summed E-state index contributed by atoms with van der Waals surface area (Å²) in [5.41, 5.74) is 2.00. The van der Waals surface area contributed by atoms with Crippen LogP contribution in [0.4, 0.5) is 11.5 Å². The van der Waals surface area contributed by atoms with Gasteiger partial charge in [0.05, 0.1) is 23.8 Å². The highest BCUT2D eigenvalue weighted by molar-refractivity contribution is 5.72. The van der Waals surface area contributed by atoms with E-state index in [2.05, 4.69) is 20.4 Å². The lowest BCUT2D eigenvalue weighted by Crippen LogP contribution is -2.39. The van der Waals surface area contributed by atoms with Gasteiger partial charge in [-0.15, -0.1) is 0 Å². The molecule has 1 fully saturated rings. The summed E-state index contributed by atoms with van der Waals surface area (Å²) < 4.78 is 10.4. The molecule has 0 spiro atoms. The molecule has 25 heavy (non-hydrogen) atoms. The van der Waals surface area contributed by atoms with Crippen LogP contribution >= 0.6 is 0 Å². The first kappa shape index (κ1) is 17.3. The summed E-state index contributed by atoms with van der Waals surface area (Å²) >= 11 is 0. The van der Waals surface area contributed by atoms with Crippen molar-refractivity contribution >= 4 is 11.5 Å². The summed E-state index contributed by atoms with van der Waals surface area (Å²) in [6.07, 6.45) is 1.61. The molecule has 3 heterocycles. The van der Waals surface area contributed by atoms with Gasteiger partial charge in [0.25, 0.3) is 0 Å². The second-order valence-corrected chi connectivity index (χ2v) is 5.93. The summed E-state index contributed by atoms with van der Waals surface area (Å²) in [5, 5.41) is 18.4. The van der Waals surface area contributed by atoms with E-state index in [-0.39, 0.29) is 11.5 Å². The fourth-order valence-corrected chi connectivity index (χ4v) is 2.92. The second-order valence-electron chi connectivity index (χ2n) is 5.93. The first-order valence-corrected chi connectivity index (χ1v) is 8.18. The second kappa shape index (κ2) is 7.58. The van der Waals surface area contributed by atoms with E-state index in [1.807, 2.05) is 0 Å². The molecule has 3 rings (SSSR count). The summed E-state index contributed by atoms with van der Waals surface area (Å²) in [6.45, 7) is 8.15. The molecule has 1 aliphatic rings. The monoisotopic (exact) mass is 347 g/mol. The SMILES string of the molecule is Cc1noc(C)c1-c1cnc(NCCN2CCOCC2)c([N+](=O)[O-])c1. The van der Waals surface area contributed by atoms with E-state index in [1.165, 1.54) is 6.07 Å². The van der Waals surface area contributed by atoms with Gasteiger partial charge in [-0.3, -0.25) is 15.0 Å². The zero-order valence-electron chi connectivity index (χ0n) is 14.3. The Labute approximate surface area is 145 Å². The van der Waals surface area contributed by atoms with E-state index in [4.69, 9.17) is 9.26 Å². The quantitative estimate of drug-likeness (QED) is 0.625. The van der Waals surface area contributed by atoms with Gasteiger partial charge < -0.3 is 14.6 Å². The molecular weight excluding hydrogens is 326 g/mol. The highest BCUT2D eigenvalue weighted by atomic mass is 16.6. The molecule has 0 aliphatic carbocycles. The molecule has 2 aromatic heterocycles. The Morgan fingerprint density at radius 3 is 2.76 bits per heavy atom. The maximum absolute atomic E-state index is 11.4. The molecule has 1 N–H and O–H groups in total. The van der Waals surface area contributed by atoms with Crippen LogP contribution in [0, 0.1) is 24.0 Å². The van der Waals surface area contributed by atoms with Crippen LogP contribution in [-0.4, -0.2) is 59.4 Å². The number of aryl methyl sites for hydroxylation is 2. The molecule has 0 saturated carbocycles. The lowest BCUT2D eigenvalue weighted by atomic mass is 10.1. The minimum Gasteiger partial charge on any atom is -0.379 e. The van der Waals surface area contributed by atoms with Crippen LogP contribution in [0.5, 0.6) is 0 Å². The van der Waals surface area contributed by atoms with E-state index >= 15 is 0 Å². The smallest absolute Gasteiger partial charge is 0.311 e. The minimum atomic E-state index is -0.425. The number of nitro groups is 1. The van der Waals surface area contributed by atoms with E-state index in [1.54, 1.807) is 20.0 Å². The van der Waals surface area contributed by atoms with Crippen molar-refractivity contribution in [3.63, 3.8) is 0 Å². The van der Waals surface area contributed by atoms with Gasteiger partial charge in [-0.25, -0.2) is 4.98 Å². The predicted molar refractivity (Wildman–Crippen MR) is 91.6 cm³/mol. The number of anilines is 1. The van der Waals surface area contributed by atoms with Crippen LogP contribution in [0.15, 0.2) is 16.8 Å². The first-order valence-electron chi connectivity index (χ1n) is 8.18. The van der Waals surface area contributed by atoms with E-state index in [0.717, 1.165) is 38.4 Å². The van der Waals surface area contributed by atoms with Crippen molar-refractivity contribution in [1.82, 2.24) is 15.0 Å². The molecule has 0 amide bonds. The number of hydrogen-bond acceptors (Lipinski definition) is 8. The van der Waals surface area contributed by atoms with Crippen molar-refractivity contribution < 1.29 is 14.2 Å². The Morgan fingerprint density at radius 2 is 2.12 bits per heavy atom. The third-order valence-corrected chi connectivity index (χ3v) is 4.21. The van der Waals surface area contributed by atoms with Crippen LogP contribution < -0.4 is 5.32 Å². The van der Waals surface area contributed by atoms with Crippen LogP contribution in [0.25, 0.3) is 11.1 Å². The lowest BCUT2D eigenvalue weighted by molar-refractivity contribution is -0.384. The molecule has 0 radical (unpaired) electrons. The van der Waals surface area contributed by atoms with Gasteiger partial charge in [0.1, 0.15) is 5.76 Å². The summed E-state index contributed by atoms with van der Waals surface area (Å²) in [4.78, 5) is 17.5. The summed E-state index contributed by atoms with van der Waals surface area (Å²) in [6, 6.07) is 1.51. The number of morpholine rings is 1. The van der Waals surface area contributed by atoms with E-state index in [9.17, 15) is 10.1 Å². The normalized spacial score (nSPS) is 15.3. The minimum absolute atomic E-state index is 0.0560. The number of rotatable bonds is 6. The van der Waals surface area contributed by atoms with E-state index in [0.29, 0.717) is 23.6 Å². The van der Waals surface area contributed by atoms with Crippen LogP contribution in [-0.2, 0) is 4.74 Å². The highest BCUT2D eigenvalue weighted by Gasteiger charge is 2.20. The maximum atomic E-state index is 11.4. The molecule has 9 nitrogen and oxygen atoms in total. The number of pyridine rings is 1. The number of nitrogens with zero attached hydrogens (tertiary/aromatic N) is 4. The molecule has 0 unspecified atom stereocenters. The summed E-state index contributed by atoms with van der Waals surface area (Å²) in [5.74, 6) is 0.885. The molecular formula is C16H21N5O4. The average Bonchev–Trinajstić information content (AvgIpc) is 2.94.